The highest BCUT2D eigenvalue weighted by Gasteiger charge is 2.45. The summed E-state index contributed by atoms with van der Waals surface area (Å²) in [6, 6.07) is 6.29. The number of hydrogen-bond acceptors (Lipinski definition) is 7. The van der Waals surface area contributed by atoms with Gasteiger partial charge in [0.25, 0.3) is 0 Å². The van der Waals surface area contributed by atoms with Crippen LogP contribution in [0.1, 0.15) is 32.1 Å². The molecule has 166 valence electrons. The number of anilines is 1. The molecule has 3 aliphatic rings. The number of aromatic nitrogens is 5. The van der Waals surface area contributed by atoms with Crippen LogP contribution >= 0.6 is 0 Å². The fourth-order valence-corrected chi connectivity index (χ4v) is 5.24. The van der Waals surface area contributed by atoms with Gasteiger partial charge in [-0.25, -0.2) is 9.37 Å². The fourth-order valence-electron chi connectivity index (χ4n) is 5.24. The zero-order chi connectivity index (χ0) is 21.8. The standard InChI is InChI=1S/C23H26FN7O/c1-30-12-14(10-26-30)13-2-5-18(21(32)6-13)23-25-11-22(28-29-23)31(16-3-4-16)17-7-15-8-19(24)20(9-17)27-15/h2,5-6,10-12,15-17,19-20,27,32H,3-4,7-9H2,1H3/t15-,17-,19-,20+/m1/s1. The Kier molecular flexibility index (Phi) is 4.60. The van der Waals surface area contributed by atoms with Crippen molar-refractivity contribution < 1.29 is 9.50 Å². The molecule has 0 radical (unpaired) electrons. The van der Waals surface area contributed by atoms with Crippen molar-refractivity contribution in [1.29, 1.82) is 0 Å². The minimum Gasteiger partial charge on any atom is -0.507 e. The van der Waals surface area contributed by atoms with Gasteiger partial charge < -0.3 is 15.3 Å². The van der Waals surface area contributed by atoms with Crippen LogP contribution in [0.5, 0.6) is 5.75 Å². The number of hydrogen-bond donors (Lipinski definition) is 2. The maximum Gasteiger partial charge on any atom is 0.185 e. The maximum absolute atomic E-state index is 14.2. The lowest BCUT2D eigenvalue weighted by atomic mass is 9.98. The van der Waals surface area contributed by atoms with Crippen LogP contribution in [0.2, 0.25) is 0 Å². The van der Waals surface area contributed by atoms with Crippen molar-refractivity contribution in [3.8, 4) is 28.3 Å². The van der Waals surface area contributed by atoms with E-state index in [0.717, 1.165) is 42.6 Å². The highest BCUT2D eigenvalue weighted by atomic mass is 19.1. The quantitative estimate of drug-likeness (QED) is 0.637. The van der Waals surface area contributed by atoms with Crippen LogP contribution in [0.3, 0.4) is 0 Å². The Morgan fingerprint density at radius 2 is 1.97 bits per heavy atom. The van der Waals surface area contributed by atoms with Crippen molar-refractivity contribution >= 4 is 5.82 Å². The molecule has 2 aliphatic heterocycles. The first-order valence-electron chi connectivity index (χ1n) is 11.3. The average Bonchev–Trinajstić information content (AvgIpc) is 3.46. The molecule has 32 heavy (non-hydrogen) atoms. The second-order valence-corrected chi connectivity index (χ2v) is 9.26. The molecule has 1 aliphatic carbocycles. The Bertz CT molecular complexity index is 1130. The Balaban J connectivity index is 1.25. The predicted molar refractivity (Wildman–Crippen MR) is 118 cm³/mol. The van der Waals surface area contributed by atoms with Gasteiger partial charge in [-0.2, -0.15) is 5.10 Å². The van der Waals surface area contributed by atoms with E-state index in [1.54, 1.807) is 29.2 Å². The van der Waals surface area contributed by atoms with Crippen molar-refractivity contribution in [1.82, 2.24) is 30.3 Å². The van der Waals surface area contributed by atoms with E-state index in [1.165, 1.54) is 0 Å². The number of benzene rings is 1. The number of nitrogens with one attached hydrogen (secondary N) is 1. The number of piperidine rings is 1. The molecule has 4 heterocycles. The zero-order valence-corrected chi connectivity index (χ0v) is 17.9. The highest BCUT2D eigenvalue weighted by Crippen LogP contribution is 2.39. The third-order valence-electron chi connectivity index (χ3n) is 6.90. The number of phenols is 1. The van der Waals surface area contributed by atoms with Crippen LogP contribution in [-0.4, -0.2) is 60.4 Å². The topological polar surface area (TPSA) is 92.0 Å². The predicted octanol–water partition coefficient (Wildman–Crippen LogP) is 2.84. The third kappa shape index (κ3) is 3.50. The van der Waals surface area contributed by atoms with Crippen molar-refractivity contribution in [2.24, 2.45) is 7.05 Å². The Morgan fingerprint density at radius 1 is 1.09 bits per heavy atom. The van der Waals surface area contributed by atoms with E-state index in [9.17, 15) is 9.50 Å². The van der Waals surface area contributed by atoms with Gasteiger partial charge in [-0.1, -0.05) is 6.07 Å². The summed E-state index contributed by atoms with van der Waals surface area (Å²) in [6.45, 7) is 0. The zero-order valence-electron chi connectivity index (χ0n) is 17.9. The van der Waals surface area contributed by atoms with E-state index < -0.39 is 6.17 Å². The van der Waals surface area contributed by atoms with Crippen molar-refractivity contribution in [3.63, 3.8) is 0 Å². The van der Waals surface area contributed by atoms with Crippen LogP contribution < -0.4 is 10.2 Å². The number of halogens is 1. The molecule has 3 fully saturated rings. The minimum atomic E-state index is -0.754. The first kappa shape index (κ1) is 19.6. The summed E-state index contributed by atoms with van der Waals surface area (Å²) in [5, 5.41) is 27.0. The van der Waals surface area contributed by atoms with E-state index in [4.69, 9.17) is 0 Å². The molecule has 0 unspecified atom stereocenters. The summed E-state index contributed by atoms with van der Waals surface area (Å²) in [7, 11) is 1.86. The SMILES string of the molecule is Cn1cc(-c2ccc(-c3ncc(N(C4CC4)[C@@H]4C[C@@H]5C[C@@H](F)[C@H](C4)N5)nn3)c(O)c2)cn1. The number of fused-ring (bicyclic) bond motifs is 2. The lowest BCUT2D eigenvalue weighted by Gasteiger charge is -2.38. The number of phenolic OH excluding ortho intramolecular Hbond substituents is 1. The second-order valence-electron chi connectivity index (χ2n) is 9.26. The van der Waals surface area contributed by atoms with Crippen molar-refractivity contribution in [2.45, 2.75) is 62.4 Å². The molecule has 3 aromatic rings. The molecule has 1 saturated carbocycles. The van der Waals surface area contributed by atoms with Gasteiger partial charge in [0.1, 0.15) is 11.9 Å². The van der Waals surface area contributed by atoms with Gasteiger partial charge in [-0.05, 0) is 49.8 Å². The molecule has 9 heteroatoms. The summed E-state index contributed by atoms with van der Waals surface area (Å²) in [5.41, 5.74) is 2.33. The molecule has 1 aromatic carbocycles. The first-order chi connectivity index (χ1) is 15.5. The smallest absolute Gasteiger partial charge is 0.185 e. The number of aromatic hydroxyl groups is 1. The number of nitrogens with zero attached hydrogens (tertiary/aromatic N) is 6. The normalized spacial score (nSPS) is 26.9. The number of aryl methyl sites for hydroxylation is 1. The lowest BCUT2D eigenvalue weighted by Crippen LogP contribution is -2.50. The van der Waals surface area contributed by atoms with Crippen molar-refractivity contribution in [3.05, 3.63) is 36.8 Å². The molecule has 8 nitrogen and oxygen atoms in total. The molecule has 2 N–H and O–H groups in total. The number of rotatable bonds is 5. The van der Waals surface area contributed by atoms with Gasteiger partial charge in [0.05, 0.1) is 18.0 Å². The maximum atomic E-state index is 14.2. The minimum absolute atomic E-state index is 0.0598. The third-order valence-corrected chi connectivity index (χ3v) is 6.90. The summed E-state index contributed by atoms with van der Waals surface area (Å²) >= 11 is 0. The molecular formula is C23H26FN7O. The molecule has 2 aromatic heterocycles. The highest BCUT2D eigenvalue weighted by molar-refractivity contribution is 5.72. The summed E-state index contributed by atoms with van der Waals surface area (Å²) in [4.78, 5) is 6.84. The Labute approximate surface area is 185 Å². The van der Waals surface area contributed by atoms with E-state index in [2.05, 4.69) is 30.5 Å². The Hall–Kier alpha value is -3.07. The van der Waals surface area contributed by atoms with Gasteiger partial charge in [0.2, 0.25) is 0 Å². The molecule has 4 atom stereocenters. The van der Waals surface area contributed by atoms with E-state index in [-0.39, 0.29) is 23.9 Å². The molecule has 0 amide bonds. The van der Waals surface area contributed by atoms with Crippen LogP contribution in [0.25, 0.3) is 22.5 Å². The van der Waals surface area contributed by atoms with Crippen LogP contribution in [0.15, 0.2) is 36.8 Å². The first-order valence-corrected chi connectivity index (χ1v) is 11.3. The van der Waals surface area contributed by atoms with Gasteiger partial charge >= 0.3 is 0 Å². The summed E-state index contributed by atoms with van der Waals surface area (Å²) in [6.07, 6.45) is 9.20. The number of alkyl halides is 1. The lowest BCUT2D eigenvalue weighted by molar-refractivity contribution is 0.271. The van der Waals surface area contributed by atoms with E-state index in [1.807, 2.05) is 19.3 Å². The molecule has 2 bridgehead atoms. The Morgan fingerprint density at radius 3 is 2.62 bits per heavy atom. The van der Waals surface area contributed by atoms with Gasteiger partial charge in [0, 0.05) is 43.0 Å². The molecule has 2 saturated heterocycles. The molecule has 0 spiro atoms. The molecular weight excluding hydrogens is 409 g/mol. The molecule has 6 rings (SSSR count). The van der Waals surface area contributed by atoms with Crippen LogP contribution in [0.4, 0.5) is 10.2 Å². The van der Waals surface area contributed by atoms with Crippen LogP contribution in [-0.2, 0) is 7.05 Å². The van der Waals surface area contributed by atoms with Gasteiger partial charge in [0.15, 0.2) is 11.6 Å². The average molecular weight is 436 g/mol. The summed E-state index contributed by atoms with van der Waals surface area (Å²) in [5.74, 6) is 1.22. The summed E-state index contributed by atoms with van der Waals surface area (Å²) < 4.78 is 15.9. The van der Waals surface area contributed by atoms with Crippen molar-refractivity contribution in [2.75, 3.05) is 4.90 Å². The van der Waals surface area contributed by atoms with Gasteiger partial charge in [-0.3, -0.25) is 4.68 Å². The van der Waals surface area contributed by atoms with Gasteiger partial charge in [-0.15, -0.1) is 10.2 Å². The second kappa shape index (κ2) is 7.51. The fraction of sp³-hybridized carbons (Fsp3) is 0.478. The van der Waals surface area contributed by atoms with E-state index in [0.29, 0.717) is 23.9 Å². The largest absolute Gasteiger partial charge is 0.507 e. The monoisotopic (exact) mass is 435 g/mol. The van der Waals surface area contributed by atoms with Crippen LogP contribution in [0, 0.1) is 0 Å². The van der Waals surface area contributed by atoms with E-state index >= 15 is 0 Å².